The minimum absolute atomic E-state index is 0.186. The van der Waals surface area contributed by atoms with Crippen molar-refractivity contribution in [3.8, 4) is 0 Å². The summed E-state index contributed by atoms with van der Waals surface area (Å²) in [5.41, 5.74) is 3.43. The monoisotopic (exact) mass is 566 g/mol. The smallest absolute Gasteiger partial charge is 0.100 e. The molecule has 6 heteroatoms. The largest absolute Gasteiger partial charge is 0.389 e. The van der Waals surface area contributed by atoms with Gasteiger partial charge in [0, 0.05) is 26.8 Å². The van der Waals surface area contributed by atoms with E-state index in [9.17, 15) is 5.11 Å². The van der Waals surface area contributed by atoms with Crippen LogP contribution in [-0.4, -0.2) is 34.5 Å². The maximum Gasteiger partial charge on any atom is 0.100 e. The van der Waals surface area contributed by atoms with Gasteiger partial charge in [-0.2, -0.15) is 0 Å². The van der Waals surface area contributed by atoms with E-state index in [0.717, 1.165) is 44.5 Å². The summed E-state index contributed by atoms with van der Waals surface area (Å²) >= 11 is 11.5. The van der Waals surface area contributed by atoms with E-state index < -0.39 is 5.60 Å². The number of thioether (sulfide) groups is 1. The fraction of sp³-hybridized carbons (Fsp3) is 0.276. The van der Waals surface area contributed by atoms with Crippen molar-refractivity contribution in [2.75, 3.05) is 12.8 Å². The number of pyridine rings is 1. The third-order valence-electron chi connectivity index (χ3n) is 6.93. The number of aromatic nitrogens is 1. The van der Waals surface area contributed by atoms with Crippen molar-refractivity contribution in [3.05, 3.63) is 105 Å². The number of hydrogen-bond acceptors (Lipinski definition) is 4. The minimum atomic E-state index is -0.926. The van der Waals surface area contributed by atoms with Gasteiger partial charge in [-0.25, -0.2) is 4.98 Å². The van der Waals surface area contributed by atoms with Crippen molar-refractivity contribution < 1.29 is 5.11 Å². The average Bonchev–Trinajstić information content (AvgIpc) is 2.85. The molecular formula is C29H28BrClN2OS. The summed E-state index contributed by atoms with van der Waals surface area (Å²) < 4.78 is 1.01. The number of piperidine rings is 1. The molecule has 1 aliphatic heterocycles. The molecule has 35 heavy (non-hydrogen) atoms. The Morgan fingerprint density at radius 2 is 1.89 bits per heavy atom. The Hall–Kier alpha value is -1.89. The molecule has 0 bridgehead atoms. The maximum atomic E-state index is 12.4. The lowest BCUT2D eigenvalue weighted by molar-refractivity contribution is -0.0192. The van der Waals surface area contributed by atoms with Gasteiger partial charge in [-0.1, -0.05) is 70.0 Å². The van der Waals surface area contributed by atoms with Gasteiger partial charge in [-0.3, -0.25) is 0 Å². The lowest BCUT2D eigenvalue weighted by Gasteiger charge is -2.44. The van der Waals surface area contributed by atoms with Gasteiger partial charge in [0.05, 0.1) is 11.1 Å². The van der Waals surface area contributed by atoms with Crippen LogP contribution in [0.1, 0.15) is 35.4 Å². The van der Waals surface area contributed by atoms with Crippen LogP contribution in [-0.2, 0) is 6.42 Å². The number of aliphatic hydroxyl groups is 1. The highest BCUT2D eigenvalue weighted by Crippen LogP contribution is 2.45. The van der Waals surface area contributed by atoms with Crippen molar-refractivity contribution in [2.24, 2.45) is 0 Å². The number of rotatable bonds is 6. The molecule has 0 saturated carbocycles. The molecule has 2 N–H and O–H groups in total. The average molecular weight is 568 g/mol. The van der Waals surface area contributed by atoms with E-state index in [1.54, 1.807) is 11.8 Å². The summed E-state index contributed by atoms with van der Waals surface area (Å²) in [5.74, 6) is -0.224. The Kier molecular flexibility index (Phi) is 7.52. The number of nitrogens with one attached hydrogen (secondary N) is 1. The molecule has 3 aromatic carbocycles. The molecule has 5 rings (SSSR count). The van der Waals surface area contributed by atoms with E-state index in [1.165, 1.54) is 5.56 Å². The first-order valence-corrected chi connectivity index (χ1v) is 14.2. The summed E-state index contributed by atoms with van der Waals surface area (Å²) in [6.07, 6.45) is 4.25. The molecular weight excluding hydrogens is 540 g/mol. The molecule has 3 unspecified atom stereocenters. The van der Waals surface area contributed by atoms with E-state index in [-0.39, 0.29) is 12.0 Å². The molecule has 0 aliphatic carbocycles. The van der Waals surface area contributed by atoms with Crippen LogP contribution in [0, 0.1) is 0 Å². The van der Waals surface area contributed by atoms with Crippen LogP contribution < -0.4 is 5.32 Å². The Morgan fingerprint density at radius 3 is 2.63 bits per heavy atom. The van der Waals surface area contributed by atoms with Gasteiger partial charge < -0.3 is 10.4 Å². The van der Waals surface area contributed by atoms with Crippen molar-refractivity contribution in [1.82, 2.24) is 10.3 Å². The molecule has 0 radical (unpaired) electrons. The highest BCUT2D eigenvalue weighted by Gasteiger charge is 2.43. The third kappa shape index (κ3) is 5.45. The summed E-state index contributed by atoms with van der Waals surface area (Å²) in [5, 5.41) is 18.7. The minimum Gasteiger partial charge on any atom is -0.389 e. The molecule has 3 atom stereocenters. The second kappa shape index (κ2) is 10.6. The second-order valence-electron chi connectivity index (χ2n) is 9.31. The number of benzene rings is 3. The number of halogens is 2. The predicted molar refractivity (Wildman–Crippen MR) is 151 cm³/mol. The fourth-order valence-corrected chi connectivity index (χ4v) is 6.46. The predicted octanol–water partition coefficient (Wildman–Crippen LogP) is 7.23. The van der Waals surface area contributed by atoms with Crippen molar-refractivity contribution >= 4 is 50.2 Å². The van der Waals surface area contributed by atoms with E-state index >= 15 is 0 Å². The number of hydrogen-bond donors (Lipinski definition) is 2. The SMILES string of the molecule is CSc1nc2ccc(Br)cc2cc1C(c1ccc(Cl)cc1)C1(O)CCNC(Cc2ccccc2)C1. The van der Waals surface area contributed by atoms with Crippen LogP contribution >= 0.6 is 39.3 Å². The summed E-state index contributed by atoms with van der Waals surface area (Å²) in [6, 6.07) is 27.0. The molecule has 1 aliphatic rings. The van der Waals surface area contributed by atoms with Gasteiger partial charge in [-0.05, 0) is 85.2 Å². The van der Waals surface area contributed by atoms with E-state index in [1.807, 2.05) is 30.3 Å². The lowest BCUT2D eigenvalue weighted by Crippen LogP contribution is -2.52. The Morgan fingerprint density at radius 1 is 1.11 bits per heavy atom. The van der Waals surface area contributed by atoms with Gasteiger partial charge in [-0.15, -0.1) is 11.8 Å². The highest BCUT2D eigenvalue weighted by atomic mass is 79.9. The Bertz CT molecular complexity index is 1320. The highest BCUT2D eigenvalue weighted by molar-refractivity contribution is 9.10. The van der Waals surface area contributed by atoms with Gasteiger partial charge in [0.15, 0.2) is 0 Å². The fourth-order valence-electron chi connectivity index (χ4n) is 5.35. The zero-order valence-electron chi connectivity index (χ0n) is 19.5. The topological polar surface area (TPSA) is 45.2 Å². The zero-order chi connectivity index (χ0) is 24.4. The van der Waals surface area contributed by atoms with Gasteiger partial charge >= 0.3 is 0 Å². The molecule has 4 aromatic rings. The van der Waals surface area contributed by atoms with E-state index in [4.69, 9.17) is 16.6 Å². The van der Waals surface area contributed by atoms with Crippen molar-refractivity contribution in [2.45, 2.75) is 41.8 Å². The van der Waals surface area contributed by atoms with Crippen molar-refractivity contribution in [3.63, 3.8) is 0 Å². The Labute approximate surface area is 224 Å². The first-order chi connectivity index (χ1) is 16.9. The van der Waals surface area contributed by atoms with Crippen LogP contribution in [0.3, 0.4) is 0 Å². The maximum absolute atomic E-state index is 12.4. The molecule has 1 fully saturated rings. The second-order valence-corrected chi connectivity index (χ2v) is 11.5. The first-order valence-electron chi connectivity index (χ1n) is 11.8. The van der Waals surface area contributed by atoms with Gasteiger partial charge in [0.2, 0.25) is 0 Å². The molecule has 1 aromatic heterocycles. The van der Waals surface area contributed by atoms with Crippen LogP contribution in [0.5, 0.6) is 0 Å². The summed E-state index contributed by atoms with van der Waals surface area (Å²) in [7, 11) is 0. The number of fused-ring (bicyclic) bond motifs is 1. The Balaban J connectivity index is 1.60. The summed E-state index contributed by atoms with van der Waals surface area (Å²) in [4.78, 5) is 5.00. The lowest BCUT2D eigenvalue weighted by atomic mass is 9.70. The molecule has 1 saturated heterocycles. The van der Waals surface area contributed by atoms with Gasteiger partial charge in [0.1, 0.15) is 5.03 Å². The van der Waals surface area contributed by atoms with Crippen molar-refractivity contribution in [1.29, 1.82) is 0 Å². The van der Waals surface area contributed by atoms with Crippen LogP contribution in [0.4, 0.5) is 0 Å². The molecule has 180 valence electrons. The van der Waals surface area contributed by atoms with Crippen LogP contribution in [0.2, 0.25) is 5.02 Å². The van der Waals surface area contributed by atoms with E-state index in [0.29, 0.717) is 17.9 Å². The van der Waals surface area contributed by atoms with Gasteiger partial charge in [0.25, 0.3) is 0 Å². The summed E-state index contributed by atoms with van der Waals surface area (Å²) in [6.45, 7) is 0.763. The van der Waals surface area contributed by atoms with Crippen LogP contribution in [0.15, 0.2) is 88.4 Å². The van der Waals surface area contributed by atoms with Crippen LogP contribution in [0.25, 0.3) is 10.9 Å². The molecule has 3 nitrogen and oxygen atoms in total. The number of nitrogens with zero attached hydrogens (tertiary/aromatic N) is 1. The normalized spacial score (nSPS) is 21.2. The molecule has 0 amide bonds. The van der Waals surface area contributed by atoms with E-state index in [2.05, 4.69) is 76.0 Å². The first kappa shape index (κ1) is 24.8. The zero-order valence-corrected chi connectivity index (χ0v) is 22.7. The quantitative estimate of drug-likeness (QED) is 0.241. The standard InChI is InChI=1S/C29H28BrClN2OS/c1-35-28-25(17-21-16-22(30)9-12-26(21)33-28)27(20-7-10-23(31)11-8-20)29(34)13-14-32-24(18-29)15-19-5-3-2-4-6-19/h2-12,16-17,24,27,32,34H,13-15,18H2,1H3. The third-order valence-corrected chi connectivity index (χ3v) is 8.39. The molecule has 0 spiro atoms. The molecule has 2 heterocycles.